The summed E-state index contributed by atoms with van der Waals surface area (Å²) in [5.41, 5.74) is 1.09. The smallest absolute Gasteiger partial charge is 0.237 e. The van der Waals surface area contributed by atoms with Crippen LogP contribution in [0.25, 0.3) is 0 Å². The molecule has 8 heteroatoms. The summed E-state index contributed by atoms with van der Waals surface area (Å²) in [7, 11) is 3.24. The Kier molecular flexibility index (Phi) is 8.69. The van der Waals surface area contributed by atoms with E-state index in [2.05, 4.69) is 10.2 Å². The van der Waals surface area contributed by atoms with E-state index in [9.17, 15) is 14.7 Å². The van der Waals surface area contributed by atoms with Crippen molar-refractivity contribution in [1.29, 1.82) is 0 Å². The molecule has 172 valence electrons. The summed E-state index contributed by atoms with van der Waals surface area (Å²) in [5, 5.41) is 13.0. The van der Waals surface area contributed by atoms with Gasteiger partial charge < -0.3 is 24.8 Å². The number of aliphatic hydroxyl groups excluding tert-OH is 1. The van der Waals surface area contributed by atoms with E-state index >= 15 is 0 Å². The van der Waals surface area contributed by atoms with Gasteiger partial charge >= 0.3 is 0 Å². The van der Waals surface area contributed by atoms with Crippen LogP contribution in [0.3, 0.4) is 0 Å². The molecule has 3 rings (SSSR count). The first-order valence-corrected chi connectivity index (χ1v) is 11.1. The largest absolute Gasteiger partial charge is 0.497 e. The Hall–Kier alpha value is -2.16. The van der Waals surface area contributed by atoms with Crippen molar-refractivity contribution in [1.82, 2.24) is 15.1 Å². The summed E-state index contributed by atoms with van der Waals surface area (Å²) >= 11 is 0. The molecule has 2 saturated heterocycles. The molecule has 1 aromatic rings. The van der Waals surface area contributed by atoms with Gasteiger partial charge in [-0.15, -0.1) is 0 Å². The second-order valence-corrected chi connectivity index (χ2v) is 8.35. The summed E-state index contributed by atoms with van der Waals surface area (Å²) in [5.74, 6) is 0.918. The number of rotatable bonds is 9. The molecule has 2 amide bonds. The van der Waals surface area contributed by atoms with E-state index < -0.39 is 6.10 Å². The molecular formula is C23H35N3O5. The van der Waals surface area contributed by atoms with Gasteiger partial charge in [0.25, 0.3) is 0 Å². The molecule has 31 heavy (non-hydrogen) atoms. The molecule has 2 atom stereocenters. The Balaban J connectivity index is 1.47. The first-order valence-electron chi connectivity index (χ1n) is 11.1. The van der Waals surface area contributed by atoms with E-state index in [4.69, 9.17) is 9.47 Å². The lowest BCUT2D eigenvalue weighted by molar-refractivity contribution is -0.134. The van der Waals surface area contributed by atoms with Gasteiger partial charge in [0.1, 0.15) is 5.75 Å². The van der Waals surface area contributed by atoms with E-state index in [0.717, 1.165) is 24.2 Å². The Labute approximate surface area is 184 Å². The fourth-order valence-electron chi connectivity index (χ4n) is 4.58. The van der Waals surface area contributed by atoms with Crippen molar-refractivity contribution in [2.45, 2.75) is 50.3 Å². The van der Waals surface area contributed by atoms with Crippen molar-refractivity contribution >= 4 is 11.8 Å². The number of methoxy groups -OCH3 is 2. The molecule has 2 aliphatic rings. The Morgan fingerprint density at radius 3 is 2.71 bits per heavy atom. The molecule has 8 nitrogen and oxygen atoms in total. The maximum atomic E-state index is 12.7. The van der Waals surface area contributed by atoms with Gasteiger partial charge in [-0.3, -0.25) is 14.5 Å². The summed E-state index contributed by atoms with van der Waals surface area (Å²) < 4.78 is 10.2. The van der Waals surface area contributed by atoms with E-state index in [0.29, 0.717) is 52.0 Å². The van der Waals surface area contributed by atoms with Crippen LogP contribution in [0, 0.1) is 0 Å². The molecular weight excluding hydrogens is 398 g/mol. The molecule has 0 spiro atoms. The Morgan fingerprint density at radius 1 is 1.23 bits per heavy atom. The average Bonchev–Trinajstić information content (AvgIpc) is 3.19. The second-order valence-electron chi connectivity index (χ2n) is 8.35. The highest BCUT2D eigenvalue weighted by Gasteiger charge is 2.40. The number of nitrogens with one attached hydrogen (secondary N) is 1. The van der Waals surface area contributed by atoms with Gasteiger partial charge in [0, 0.05) is 45.8 Å². The number of benzene rings is 1. The molecule has 2 fully saturated rings. The lowest BCUT2D eigenvalue weighted by Gasteiger charge is -2.39. The number of piperidine rings is 1. The van der Waals surface area contributed by atoms with Crippen molar-refractivity contribution in [2.24, 2.45) is 0 Å². The van der Waals surface area contributed by atoms with Crippen molar-refractivity contribution in [3.8, 4) is 5.75 Å². The number of β-amino-alcohol motifs (C(OH)–C–C–N with tert-alkyl or cyclic N) is 1. The molecule has 2 N–H and O–H groups in total. The summed E-state index contributed by atoms with van der Waals surface area (Å²) in [6.07, 6.45) is 2.78. The topological polar surface area (TPSA) is 91.3 Å². The number of hydrogen-bond acceptors (Lipinski definition) is 6. The van der Waals surface area contributed by atoms with Gasteiger partial charge in [-0.25, -0.2) is 0 Å². The number of hydrogen-bond donors (Lipinski definition) is 2. The number of nitrogens with zero attached hydrogens (tertiary/aromatic N) is 2. The van der Waals surface area contributed by atoms with Crippen LogP contribution < -0.4 is 10.1 Å². The molecule has 0 unspecified atom stereocenters. The number of amides is 2. The Bertz CT molecular complexity index is 736. The fraction of sp³-hybridized carbons (Fsp3) is 0.652. The normalized spacial score (nSPS) is 22.5. The first-order chi connectivity index (χ1) is 15.0. The average molecular weight is 434 g/mol. The fourth-order valence-corrected chi connectivity index (χ4v) is 4.58. The molecule has 1 aromatic carbocycles. The number of aliphatic hydroxyl groups is 1. The zero-order valence-corrected chi connectivity index (χ0v) is 18.6. The summed E-state index contributed by atoms with van der Waals surface area (Å²) in [6.45, 7) is 2.82. The minimum absolute atomic E-state index is 0.0506. The van der Waals surface area contributed by atoms with Crippen LogP contribution in [0.5, 0.6) is 5.75 Å². The van der Waals surface area contributed by atoms with Crippen LogP contribution in [0.1, 0.15) is 31.2 Å². The summed E-state index contributed by atoms with van der Waals surface area (Å²) in [6, 6.07) is 7.71. The van der Waals surface area contributed by atoms with E-state index in [1.165, 1.54) is 0 Å². The second kappa shape index (κ2) is 11.5. The lowest BCUT2D eigenvalue weighted by Crippen LogP contribution is -2.52. The number of carbonyl (C=O) groups excluding carboxylic acids is 2. The van der Waals surface area contributed by atoms with Gasteiger partial charge in [0.05, 0.1) is 25.9 Å². The molecule has 0 saturated carbocycles. The van der Waals surface area contributed by atoms with E-state index in [1.807, 2.05) is 29.2 Å². The van der Waals surface area contributed by atoms with E-state index in [1.54, 1.807) is 14.2 Å². The van der Waals surface area contributed by atoms with Crippen molar-refractivity contribution in [3.63, 3.8) is 0 Å². The van der Waals surface area contributed by atoms with Gasteiger partial charge in [-0.1, -0.05) is 12.1 Å². The van der Waals surface area contributed by atoms with Crippen molar-refractivity contribution in [3.05, 3.63) is 29.8 Å². The van der Waals surface area contributed by atoms with Gasteiger partial charge in [0.15, 0.2) is 0 Å². The maximum absolute atomic E-state index is 12.7. The van der Waals surface area contributed by atoms with Crippen LogP contribution in [0.2, 0.25) is 0 Å². The predicted octanol–water partition coefficient (Wildman–Crippen LogP) is 0.817. The third-order valence-electron chi connectivity index (χ3n) is 6.27. The number of ether oxygens (including phenoxy) is 2. The number of carbonyl (C=O) groups is 2. The quantitative estimate of drug-likeness (QED) is 0.561. The third-order valence-corrected chi connectivity index (χ3v) is 6.27. The van der Waals surface area contributed by atoms with Crippen LogP contribution in [-0.2, 0) is 20.7 Å². The maximum Gasteiger partial charge on any atom is 0.237 e. The first kappa shape index (κ1) is 23.5. The minimum Gasteiger partial charge on any atom is -0.497 e. The van der Waals surface area contributed by atoms with Crippen LogP contribution in [-0.4, -0.2) is 91.9 Å². The van der Waals surface area contributed by atoms with Gasteiger partial charge in [-0.05, 0) is 43.4 Å². The lowest BCUT2D eigenvalue weighted by atomic mass is 10.0. The molecule has 0 radical (unpaired) electrons. The molecule has 2 aliphatic heterocycles. The number of likely N-dealkylation sites (tertiary alicyclic amines) is 2. The van der Waals surface area contributed by atoms with Crippen LogP contribution in [0.4, 0.5) is 0 Å². The predicted molar refractivity (Wildman–Crippen MR) is 117 cm³/mol. The number of aryl methyl sites for hydroxylation is 1. The van der Waals surface area contributed by atoms with E-state index in [-0.39, 0.29) is 23.9 Å². The Morgan fingerprint density at radius 2 is 2.00 bits per heavy atom. The molecule has 0 bridgehead atoms. The minimum atomic E-state index is -0.485. The highest BCUT2D eigenvalue weighted by atomic mass is 16.5. The summed E-state index contributed by atoms with van der Waals surface area (Å²) in [4.78, 5) is 29.3. The monoisotopic (exact) mass is 433 g/mol. The molecule has 0 aliphatic carbocycles. The zero-order chi connectivity index (χ0) is 22.2. The van der Waals surface area contributed by atoms with Crippen LogP contribution in [0.15, 0.2) is 24.3 Å². The highest BCUT2D eigenvalue weighted by molar-refractivity contribution is 5.82. The molecule has 2 heterocycles. The third kappa shape index (κ3) is 6.41. The molecule has 0 aromatic heterocycles. The van der Waals surface area contributed by atoms with Gasteiger partial charge in [-0.2, -0.15) is 0 Å². The van der Waals surface area contributed by atoms with Gasteiger partial charge in [0.2, 0.25) is 11.8 Å². The highest BCUT2D eigenvalue weighted by Crippen LogP contribution is 2.27. The standard InChI is InChI=1S/C23H35N3O5/c1-30-13-10-24-23(29)21-15-19(27)16-26(21)18-8-11-25(12-9-18)22(28)7-6-17-4-3-5-20(14-17)31-2/h3-5,14,18-19,21,27H,6-13,15-16H2,1-2H3,(H,24,29)/t19-,21+/m1/s1. The van der Waals surface area contributed by atoms with Crippen LogP contribution >= 0.6 is 0 Å². The van der Waals surface area contributed by atoms with Crippen molar-refractivity contribution in [2.75, 3.05) is 47.0 Å². The zero-order valence-electron chi connectivity index (χ0n) is 18.6. The van der Waals surface area contributed by atoms with Crippen molar-refractivity contribution < 1.29 is 24.2 Å². The SMILES string of the molecule is COCCNC(=O)[C@@H]1C[C@@H](O)CN1C1CCN(C(=O)CCc2cccc(OC)c2)CC1.